The topological polar surface area (TPSA) is 58.4 Å². The third-order valence-electron chi connectivity index (χ3n) is 5.20. The van der Waals surface area contributed by atoms with Gasteiger partial charge in [0.25, 0.3) is 0 Å². The second kappa shape index (κ2) is 9.89. The van der Waals surface area contributed by atoms with Crippen LogP contribution in [0.1, 0.15) is 36.4 Å². The van der Waals surface area contributed by atoms with E-state index in [0.717, 1.165) is 37.6 Å². The van der Waals surface area contributed by atoms with E-state index in [9.17, 15) is 18.0 Å². The van der Waals surface area contributed by atoms with E-state index in [2.05, 4.69) is 10.2 Å². The van der Waals surface area contributed by atoms with Crippen LogP contribution in [0.15, 0.2) is 42.5 Å². The Kier molecular flexibility index (Phi) is 7.28. The monoisotopic (exact) mass is 405 g/mol. The predicted molar refractivity (Wildman–Crippen MR) is 106 cm³/mol. The van der Waals surface area contributed by atoms with Crippen molar-refractivity contribution in [1.82, 2.24) is 10.2 Å². The summed E-state index contributed by atoms with van der Waals surface area (Å²) in [7, 11) is 0. The highest BCUT2D eigenvalue weighted by Crippen LogP contribution is 2.19. The molecule has 1 unspecified atom stereocenters. The Morgan fingerprint density at radius 1 is 1.03 bits per heavy atom. The van der Waals surface area contributed by atoms with E-state index in [1.807, 2.05) is 30.3 Å². The summed E-state index contributed by atoms with van der Waals surface area (Å²) in [5, 5.41) is 3.02. The number of hydrogen-bond acceptors (Lipinski definition) is 3. The first-order chi connectivity index (χ1) is 13.9. The fourth-order valence-electron chi connectivity index (χ4n) is 3.71. The Labute approximate surface area is 168 Å². The maximum absolute atomic E-state index is 13.8. The van der Waals surface area contributed by atoms with Gasteiger partial charge in [-0.3, -0.25) is 4.79 Å². The van der Waals surface area contributed by atoms with Crippen LogP contribution >= 0.6 is 0 Å². The Hall–Kier alpha value is -2.38. The molecule has 0 bridgehead atoms. The van der Waals surface area contributed by atoms with Gasteiger partial charge in [0, 0.05) is 25.1 Å². The second-order valence-corrected chi connectivity index (χ2v) is 7.56. The molecule has 7 heteroatoms. The molecule has 0 saturated carbocycles. The average Bonchev–Trinajstić information content (AvgIpc) is 3.19. The van der Waals surface area contributed by atoms with Crippen LogP contribution in [-0.4, -0.2) is 36.5 Å². The lowest BCUT2D eigenvalue weighted by Crippen LogP contribution is -2.39. The summed E-state index contributed by atoms with van der Waals surface area (Å²) in [6.45, 7) is 2.73. The quantitative estimate of drug-likeness (QED) is 0.663. The van der Waals surface area contributed by atoms with Crippen molar-refractivity contribution in [3.05, 3.63) is 71.0 Å². The molecule has 0 aromatic heterocycles. The van der Waals surface area contributed by atoms with Gasteiger partial charge in [-0.25, -0.2) is 13.2 Å². The van der Waals surface area contributed by atoms with Crippen molar-refractivity contribution in [1.29, 1.82) is 0 Å². The van der Waals surface area contributed by atoms with Crippen LogP contribution in [0, 0.1) is 17.5 Å². The minimum atomic E-state index is -1.25. The number of rotatable bonds is 8. The first kappa shape index (κ1) is 21.3. The van der Waals surface area contributed by atoms with E-state index in [4.69, 9.17) is 5.73 Å². The van der Waals surface area contributed by atoms with Crippen molar-refractivity contribution < 1.29 is 18.0 Å². The van der Waals surface area contributed by atoms with Gasteiger partial charge >= 0.3 is 0 Å². The standard InChI is InChI=1S/C22H26F3N3O/c23-18-13-20(25)19(24)11-16(18)10-17(26)12-22(29)27-21(14-28-8-4-5-9-28)15-6-2-1-3-7-15/h1-3,6-7,11,13,17,21H,4-5,8-10,12,14,26H2,(H,27,29)/t17-,21?/m1/s1. The van der Waals surface area contributed by atoms with Crippen molar-refractivity contribution >= 4 is 5.91 Å². The van der Waals surface area contributed by atoms with Gasteiger partial charge in [0.05, 0.1) is 6.04 Å². The lowest BCUT2D eigenvalue weighted by molar-refractivity contribution is -0.122. The maximum atomic E-state index is 13.8. The number of amides is 1. The summed E-state index contributed by atoms with van der Waals surface area (Å²) in [4.78, 5) is 14.9. The lowest BCUT2D eigenvalue weighted by atomic mass is 10.0. The molecule has 1 aliphatic rings. The average molecular weight is 405 g/mol. The van der Waals surface area contributed by atoms with Crippen molar-refractivity contribution in [3.63, 3.8) is 0 Å². The van der Waals surface area contributed by atoms with E-state index >= 15 is 0 Å². The minimum absolute atomic E-state index is 0.0399. The predicted octanol–water partition coefficient (Wildman–Crippen LogP) is 3.32. The normalized spacial score (nSPS) is 16.6. The van der Waals surface area contributed by atoms with E-state index < -0.39 is 23.5 Å². The summed E-state index contributed by atoms with van der Waals surface area (Å²) >= 11 is 0. The number of hydrogen-bond donors (Lipinski definition) is 2. The molecule has 1 saturated heterocycles. The van der Waals surface area contributed by atoms with Gasteiger partial charge < -0.3 is 16.0 Å². The molecule has 3 rings (SSSR count). The molecule has 0 spiro atoms. The number of likely N-dealkylation sites (tertiary alicyclic amines) is 1. The fraction of sp³-hybridized carbons (Fsp3) is 0.409. The molecule has 2 atom stereocenters. The first-order valence-corrected chi connectivity index (χ1v) is 9.88. The fourth-order valence-corrected chi connectivity index (χ4v) is 3.71. The molecule has 1 amide bonds. The molecule has 4 nitrogen and oxygen atoms in total. The molecular weight excluding hydrogens is 379 g/mol. The molecule has 0 radical (unpaired) electrons. The van der Waals surface area contributed by atoms with Gasteiger partial charge in [0.2, 0.25) is 5.91 Å². The highest BCUT2D eigenvalue weighted by Gasteiger charge is 2.22. The summed E-state index contributed by atoms with van der Waals surface area (Å²) in [6, 6.07) is 10.1. The summed E-state index contributed by atoms with van der Waals surface area (Å²) in [5.74, 6) is -3.50. The van der Waals surface area contributed by atoms with E-state index in [1.165, 1.54) is 0 Å². The van der Waals surface area contributed by atoms with Gasteiger partial charge in [-0.1, -0.05) is 30.3 Å². The molecule has 29 heavy (non-hydrogen) atoms. The Morgan fingerprint density at radius 2 is 1.69 bits per heavy atom. The molecule has 1 fully saturated rings. The van der Waals surface area contributed by atoms with Crippen LogP contribution in [0.4, 0.5) is 13.2 Å². The number of nitrogens with one attached hydrogen (secondary N) is 1. The SMILES string of the molecule is N[C@@H](CC(=O)NC(CN1CCCC1)c1ccccc1)Cc1cc(F)c(F)cc1F. The highest BCUT2D eigenvalue weighted by molar-refractivity contribution is 5.77. The molecule has 2 aromatic carbocycles. The molecule has 156 valence electrons. The zero-order chi connectivity index (χ0) is 20.8. The van der Waals surface area contributed by atoms with Crippen LogP contribution in [0.5, 0.6) is 0 Å². The van der Waals surface area contributed by atoms with Crippen molar-refractivity contribution in [2.45, 2.75) is 37.8 Å². The van der Waals surface area contributed by atoms with Crippen molar-refractivity contribution in [2.75, 3.05) is 19.6 Å². The van der Waals surface area contributed by atoms with E-state index in [-0.39, 0.29) is 30.4 Å². The van der Waals surface area contributed by atoms with Crippen molar-refractivity contribution in [3.8, 4) is 0 Å². The number of carbonyl (C=O) groups excluding carboxylic acids is 1. The Bertz CT molecular complexity index is 826. The molecule has 1 heterocycles. The molecule has 2 aromatic rings. The third-order valence-corrected chi connectivity index (χ3v) is 5.20. The molecule has 0 aliphatic carbocycles. The smallest absolute Gasteiger partial charge is 0.222 e. The zero-order valence-corrected chi connectivity index (χ0v) is 16.2. The van der Waals surface area contributed by atoms with Gasteiger partial charge in [0.15, 0.2) is 11.6 Å². The van der Waals surface area contributed by atoms with Crippen LogP contribution in [-0.2, 0) is 11.2 Å². The van der Waals surface area contributed by atoms with Crippen LogP contribution < -0.4 is 11.1 Å². The zero-order valence-electron chi connectivity index (χ0n) is 16.2. The van der Waals surface area contributed by atoms with Gasteiger partial charge in [0.1, 0.15) is 5.82 Å². The van der Waals surface area contributed by atoms with Gasteiger partial charge in [-0.15, -0.1) is 0 Å². The summed E-state index contributed by atoms with van der Waals surface area (Å²) in [6.07, 6.45) is 2.21. The maximum Gasteiger partial charge on any atom is 0.222 e. The second-order valence-electron chi connectivity index (χ2n) is 7.56. The largest absolute Gasteiger partial charge is 0.348 e. The Balaban J connectivity index is 1.61. The molecule has 3 N–H and O–H groups in total. The number of benzene rings is 2. The third kappa shape index (κ3) is 6.05. The summed E-state index contributed by atoms with van der Waals surface area (Å²) < 4.78 is 40.2. The van der Waals surface area contributed by atoms with Crippen LogP contribution in [0.2, 0.25) is 0 Å². The number of nitrogens with two attached hydrogens (primary N) is 1. The summed E-state index contributed by atoms with van der Waals surface area (Å²) in [5.41, 5.74) is 6.95. The first-order valence-electron chi connectivity index (χ1n) is 9.88. The van der Waals surface area contributed by atoms with E-state index in [1.54, 1.807) is 0 Å². The minimum Gasteiger partial charge on any atom is -0.348 e. The van der Waals surface area contributed by atoms with Gasteiger partial charge in [-0.2, -0.15) is 0 Å². The molecule has 1 aliphatic heterocycles. The highest BCUT2D eigenvalue weighted by atomic mass is 19.2. The van der Waals surface area contributed by atoms with Gasteiger partial charge in [-0.05, 0) is 49.5 Å². The molecular formula is C22H26F3N3O. The Morgan fingerprint density at radius 3 is 2.38 bits per heavy atom. The number of nitrogens with zero attached hydrogens (tertiary/aromatic N) is 1. The van der Waals surface area contributed by atoms with Crippen molar-refractivity contribution in [2.24, 2.45) is 5.73 Å². The van der Waals surface area contributed by atoms with Crippen LogP contribution in [0.3, 0.4) is 0 Å². The number of halogens is 3. The number of carbonyl (C=O) groups is 1. The van der Waals surface area contributed by atoms with Crippen LogP contribution in [0.25, 0.3) is 0 Å². The lowest BCUT2D eigenvalue weighted by Gasteiger charge is -2.25. The van der Waals surface area contributed by atoms with E-state index in [0.29, 0.717) is 12.6 Å².